The predicted octanol–water partition coefficient (Wildman–Crippen LogP) is 0.236. The van der Waals surface area contributed by atoms with Gasteiger partial charge in [-0.3, -0.25) is 23.7 Å². The molecule has 0 fully saturated rings. The molecule has 0 radical (unpaired) electrons. The SMILES string of the molecule is O=C(Nc1ccc(NC(=O)c2cccc(=O)n2O)c(S(=O)(=O)O)c1)c1cccc(=O)n1O. The van der Waals surface area contributed by atoms with E-state index in [0.29, 0.717) is 0 Å². The summed E-state index contributed by atoms with van der Waals surface area (Å²) in [6.45, 7) is 0. The van der Waals surface area contributed by atoms with E-state index in [0.717, 1.165) is 42.5 Å². The van der Waals surface area contributed by atoms with Gasteiger partial charge in [0.15, 0.2) is 0 Å². The summed E-state index contributed by atoms with van der Waals surface area (Å²) >= 11 is 0. The Hall–Kier alpha value is -4.43. The quantitative estimate of drug-likeness (QED) is 0.260. The number of amides is 2. The van der Waals surface area contributed by atoms with Crippen molar-refractivity contribution in [1.82, 2.24) is 9.46 Å². The molecule has 1 aromatic carbocycles. The van der Waals surface area contributed by atoms with E-state index in [2.05, 4.69) is 10.6 Å². The molecule has 2 aromatic heterocycles. The van der Waals surface area contributed by atoms with Crippen molar-refractivity contribution in [3.8, 4) is 0 Å². The maximum absolute atomic E-state index is 12.3. The second-order valence-electron chi connectivity index (χ2n) is 6.22. The monoisotopic (exact) mass is 462 g/mol. The van der Waals surface area contributed by atoms with E-state index < -0.39 is 55.0 Å². The van der Waals surface area contributed by atoms with Crippen LogP contribution in [0.1, 0.15) is 21.0 Å². The summed E-state index contributed by atoms with van der Waals surface area (Å²) in [7, 11) is -4.92. The lowest BCUT2D eigenvalue weighted by Gasteiger charge is -2.13. The predicted molar refractivity (Wildman–Crippen MR) is 108 cm³/mol. The molecule has 0 unspecified atom stereocenters. The van der Waals surface area contributed by atoms with Gasteiger partial charge in [0.05, 0.1) is 5.69 Å². The van der Waals surface area contributed by atoms with Gasteiger partial charge in [-0.1, -0.05) is 12.1 Å². The van der Waals surface area contributed by atoms with Crippen molar-refractivity contribution >= 4 is 33.3 Å². The van der Waals surface area contributed by atoms with Gasteiger partial charge in [0, 0.05) is 17.8 Å². The number of rotatable bonds is 5. The summed E-state index contributed by atoms with van der Waals surface area (Å²) in [4.78, 5) is 46.7. The van der Waals surface area contributed by atoms with Crippen LogP contribution in [0.4, 0.5) is 11.4 Å². The van der Waals surface area contributed by atoms with Crippen LogP contribution in [0, 0.1) is 0 Å². The molecular weight excluding hydrogens is 448 g/mol. The minimum absolute atomic E-state index is 0.0469. The lowest BCUT2D eigenvalue weighted by atomic mass is 10.2. The molecule has 0 spiro atoms. The number of anilines is 2. The molecule has 0 aliphatic carbocycles. The molecule has 0 bridgehead atoms. The molecule has 32 heavy (non-hydrogen) atoms. The number of hydrogen-bond acceptors (Lipinski definition) is 8. The van der Waals surface area contributed by atoms with Gasteiger partial charge in [-0.25, -0.2) is 0 Å². The average Bonchev–Trinajstić information content (AvgIpc) is 2.72. The zero-order valence-electron chi connectivity index (χ0n) is 15.8. The third-order valence-corrected chi connectivity index (χ3v) is 4.98. The Bertz CT molecular complexity index is 1460. The van der Waals surface area contributed by atoms with Crippen LogP contribution >= 0.6 is 0 Å². The third-order valence-electron chi connectivity index (χ3n) is 4.09. The highest BCUT2D eigenvalue weighted by atomic mass is 32.2. The normalized spacial score (nSPS) is 11.0. The molecule has 2 amide bonds. The molecule has 2 heterocycles. The maximum Gasteiger partial charge on any atom is 0.296 e. The van der Waals surface area contributed by atoms with Crippen molar-refractivity contribution in [2.24, 2.45) is 0 Å². The highest BCUT2D eigenvalue weighted by Crippen LogP contribution is 2.26. The van der Waals surface area contributed by atoms with Crippen LogP contribution in [-0.2, 0) is 10.1 Å². The van der Waals surface area contributed by atoms with Gasteiger partial charge in [0.2, 0.25) is 0 Å². The van der Waals surface area contributed by atoms with Gasteiger partial charge in [-0.2, -0.15) is 8.42 Å². The fraction of sp³-hybridized carbons (Fsp3) is 0. The standard InChI is InChI=1S/C18H14N4O9S/c23-15-5-1-3-12(21(15)27)17(25)19-10-7-8-11(14(9-10)32(29,30)31)20-18(26)13-4-2-6-16(24)22(13)28/h1-9,27-28H,(H,19,25)(H,20,26)(H,29,30,31). The molecule has 0 aliphatic rings. The van der Waals surface area contributed by atoms with E-state index in [4.69, 9.17) is 0 Å². The molecule has 3 aromatic rings. The van der Waals surface area contributed by atoms with E-state index in [9.17, 15) is 42.6 Å². The van der Waals surface area contributed by atoms with Gasteiger partial charge in [0.1, 0.15) is 16.3 Å². The van der Waals surface area contributed by atoms with E-state index >= 15 is 0 Å². The summed E-state index contributed by atoms with van der Waals surface area (Å²) in [5.74, 6) is -2.04. The number of nitrogens with zero attached hydrogens (tertiary/aromatic N) is 2. The first-order valence-electron chi connectivity index (χ1n) is 8.56. The zero-order valence-corrected chi connectivity index (χ0v) is 16.6. The van der Waals surface area contributed by atoms with Crippen molar-refractivity contribution in [2.45, 2.75) is 4.90 Å². The Kier molecular flexibility index (Phi) is 5.82. The minimum atomic E-state index is -4.92. The van der Waals surface area contributed by atoms with E-state index in [1.165, 1.54) is 12.1 Å². The molecule has 0 saturated heterocycles. The number of benzene rings is 1. The fourth-order valence-electron chi connectivity index (χ4n) is 2.60. The van der Waals surface area contributed by atoms with Crippen molar-refractivity contribution in [1.29, 1.82) is 0 Å². The first kappa shape index (κ1) is 22.3. The Labute approximate surface area is 178 Å². The summed E-state index contributed by atoms with van der Waals surface area (Å²) in [5, 5.41) is 23.7. The smallest absolute Gasteiger partial charge is 0.296 e. The first-order valence-corrected chi connectivity index (χ1v) is 10.00. The number of pyridine rings is 2. The number of carbonyl (C=O) groups is 2. The first-order chi connectivity index (χ1) is 15.0. The molecule has 0 saturated carbocycles. The van der Waals surface area contributed by atoms with Crippen molar-refractivity contribution in [3.05, 3.63) is 86.7 Å². The Morgan fingerprint density at radius 1 is 0.781 bits per heavy atom. The summed E-state index contributed by atoms with van der Waals surface area (Å²) in [5.41, 5.74) is -3.35. The summed E-state index contributed by atoms with van der Waals surface area (Å²) in [6.07, 6.45) is 0. The highest BCUT2D eigenvalue weighted by Gasteiger charge is 2.21. The average molecular weight is 462 g/mol. The number of hydrogen-bond donors (Lipinski definition) is 5. The van der Waals surface area contributed by atoms with Gasteiger partial charge >= 0.3 is 0 Å². The highest BCUT2D eigenvalue weighted by molar-refractivity contribution is 7.86. The number of carbonyl (C=O) groups excluding carboxylic acids is 2. The van der Waals surface area contributed by atoms with Gasteiger partial charge < -0.3 is 21.0 Å². The van der Waals surface area contributed by atoms with E-state index in [1.54, 1.807) is 0 Å². The van der Waals surface area contributed by atoms with Crippen LogP contribution in [0.2, 0.25) is 0 Å². The zero-order chi connectivity index (χ0) is 23.6. The Balaban J connectivity index is 1.95. The maximum atomic E-state index is 12.3. The molecule has 3 rings (SSSR count). The molecule has 166 valence electrons. The van der Waals surface area contributed by atoms with Gasteiger partial charge in [-0.15, -0.1) is 9.46 Å². The van der Waals surface area contributed by atoms with Gasteiger partial charge in [0.25, 0.3) is 33.1 Å². The summed E-state index contributed by atoms with van der Waals surface area (Å²) < 4.78 is 33.3. The van der Waals surface area contributed by atoms with Crippen molar-refractivity contribution < 1.29 is 33.0 Å². The minimum Gasteiger partial charge on any atom is -0.425 e. The number of nitrogens with one attached hydrogen (secondary N) is 2. The third kappa shape index (κ3) is 4.50. The molecular formula is C18H14N4O9S. The lowest BCUT2D eigenvalue weighted by molar-refractivity contribution is 0.0951. The molecule has 5 N–H and O–H groups in total. The van der Waals surface area contributed by atoms with Crippen LogP contribution in [0.15, 0.2) is 69.1 Å². The number of aromatic nitrogens is 2. The topological polar surface area (TPSA) is 197 Å². The summed E-state index contributed by atoms with van der Waals surface area (Å²) in [6, 6.07) is 9.60. The second kappa shape index (κ2) is 8.37. The van der Waals surface area contributed by atoms with Crippen molar-refractivity contribution in [2.75, 3.05) is 10.6 Å². The largest absolute Gasteiger partial charge is 0.425 e. The molecule has 0 aliphatic heterocycles. The Morgan fingerprint density at radius 2 is 1.28 bits per heavy atom. The van der Waals surface area contributed by atoms with Crippen LogP contribution < -0.4 is 21.8 Å². The lowest BCUT2D eigenvalue weighted by Crippen LogP contribution is -2.27. The van der Waals surface area contributed by atoms with Crippen LogP contribution in [0.25, 0.3) is 0 Å². The van der Waals surface area contributed by atoms with Crippen molar-refractivity contribution in [3.63, 3.8) is 0 Å². The van der Waals surface area contributed by atoms with Gasteiger partial charge in [-0.05, 0) is 30.3 Å². The molecule has 13 nitrogen and oxygen atoms in total. The molecule has 0 atom stereocenters. The fourth-order valence-corrected chi connectivity index (χ4v) is 3.28. The van der Waals surface area contributed by atoms with E-state index in [-0.39, 0.29) is 15.1 Å². The van der Waals surface area contributed by atoms with E-state index in [1.807, 2.05) is 0 Å². The van der Waals surface area contributed by atoms with Crippen LogP contribution in [0.5, 0.6) is 0 Å². The molecule has 14 heteroatoms. The van der Waals surface area contributed by atoms with Crippen LogP contribution in [0.3, 0.4) is 0 Å². The second-order valence-corrected chi connectivity index (χ2v) is 7.61. The van der Waals surface area contributed by atoms with Crippen LogP contribution in [-0.4, -0.2) is 44.7 Å². The Morgan fingerprint density at radius 3 is 1.78 bits per heavy atom.